The molecule has 2 N–H and O–H groups in total. The van der Waals surface area contributed by atoms with Crippen LogP contribution in [0.1, 0.15) is 17.2 Å². The molecular formula is C15H14F3NOS. The zero-order valence-electron chi connectivity index (χ0n) is 11.2. The Morgan fingerprint density at radius 2 is 1.57 bits per heavy atom. The molecule has 2 nitrogen and oxygen atoms in total. The van der Waals surface area contributed by atoms with Crippen molar-refractivity contribution in [2.45, 2.75) is 17.3 Å². The summed E-state index contributed by atoms with van der Waals surface area (Å²) in [5.41, 5.74) is 7.22. The summed E-state index contributed by atoms with van der Waals surface area (Å²) in [6, 6.07) is 12.6. The minimum Gasteiger partial charge on any atom is -0.405 e. The molecule has 0 radical (unpaired) electrons. The topological polar surface area (TPSA) is 35.2 Å². The van der Waals surface area contributed by atoms with Crippen LogP contribution in [0.5, 0.6) is 5.75 Å². The summed E-state index contributed by atoms with van der Waals surface area (Å²) >= 11 is 1.49. The van der Waals surface area contributed by atoms with Gasteiger partial charge < -0.3 is 10.5 Å². The first-order chi connectivity index (χ1) is 9.92. The van der Waals surface area contributed by atoms with Gasteiger partial charge in [0.05, 0.1) is 6.04 Å². The molecule has 0 heterocycles. The first-order valence-corrected chi connectivity index (χ1v) is 7.38. The standard InChI is InChI=1S/C15H14F3NOS/c1-21-13-9-5-3-7-11(13)14(19)10-6-2-4-8-12(10)20-15(16,17)18/h2-9,14H,19H2,1H3. The molecule has 0 amide bonds. The van der Waals surface area contributed by atoms with Gasteiger partial charge in [0.15, 0.2) is 0 Å². The Bertz CT molecular complexity index is 616. The van der Waals surface area contributed by atoms with Crippen molar-refractivity contribution >= 4 is 11.8 Å². The Balaban J connectivity index is 2.42. The van der Waals surface area contributed by atoms with Gasteiger partial charge in [-0.2, -0.15) is 0 Å². The van der Waals surface area contributed by atoms with Gasteiger partial charge in [-0.15, -0.1) is 24.9 Å². The minimum absolute atomic E-state index is 0.270. The molecule has 1 unspecified atom stereocenters. The number of alkyl halides is 3. The second kappa shape index (κ2) is 6.41. The summed E-state index contributed by atoms with van der Waals surface area (Å²) < 4.78 is 41.5. The zero-order valence-corrected chi connectivity index (χ0v) is 12.0. The smallest absolute Gasteiger partial charge is 0.405 e. The van der Waals surface area contributed by atoms with E-state index in [-0.39, 0.29) is 5.75 Å². The molecule has 2 rings (SSSR count). The van der Waals surface area contributed by atoms with Gasteiger partial charge in [-0.1, -0.05) is 36.4 Å². The normalized spacial score (nSPS) is 13.0. The maximum absolute atomic E-state index is 12.5. The van der Waals surface area contributed by atoms with Crippen LogP contribution in [-0.4, -0.2) is 12.6 Å². The first kappa shape index (κ1) is 15.7. The summed E-state index contributed by atoms with van der Waals surface area (Å²) in [5.74, 6) is -0.270. The van der Waals surface area contributed by atoms with Crippen LogP contribution >= 0.6 is 11.8 Å². The maximum atomic E-state index is 12.5. The molecule has 6 heteroatoms. The molecule has 2 aromatic carbocycles. The van der Waals surface area contributed by atoms with Crippen molar-refractivity contribution in [3.05, 3.63) is 59.7 Å². The summed E-state index contributed by atoms with van der Waals surface area (Å²) in [7, 11) is 0. The van der Waals surface area contributed by atoms with Crippen molar-refractivity contribution < 1.29 is 17.9 Å². The van der Waals surface area contributed by atoms with Crippen LogP contribution in [0.15, 0.2) is 53.4 Å². The molecule has 1 atom stereocenters. The van der Waals surface area contributed by atoms with Gasteiger partial charge in [0.2, 0.25) is 0 Å². The molecule has 0 spiro atoms. The van der Waals surface area contributed by atoms with E-state index in [1.807, 2.05) is 24.5 Å². The summed E-state index contributed by atoms with van der Waals surface area (Å²) in [5, 5.41) is 0. The molecule has 0 saturated heterocycles. The van der Waals surface area contributed by atoms with Crippen LogP contribution in [0.3, 0.4) is 0 Å². The van der Waals surface area contributed by atoms with Crippen LogP contribution in [0.4, 0.5) is 13.2 Å². The fourth-order valence-corrected chi connectivity index (χ4v) is 2.69. The Kier molecular flexibility index (Phi) is 4.80. The van der Waals surface area contributed by atoms with E-state index in [9.17, 15) is 13.2 Å². The molecule has 0 aliphatic rings. The van der Waals surface area contributed by atoms with E-state index in [4.69, 9.17) is 5.73 Å². The van der Waals surface area contributed by atoms with E-state index >= 15 is 0 Å². The third kappa shape index (κ3) is 3.92. The average Bonchev–Trinajstić information content (AvgIpc) is 2.45. The van der Waals surface area contributed by atoms with E-state index in [1.54, 1.807) is 18.2 Å². The highest BCUT2D eigenvalue weighted by atomic mass is 32.2. The molecular weight excluding hydrogens is 299 g/mol. The molecule has 0 fully saturated rings. The van der Waals surface area contributed by atoms with Crippen molar-refractivity contribution in [2.75, 3.05) is 6.26 Å². The second-order valence-electron chi connectivity index (χ2n) is 4.31. The highest BCUT2D eigenvalue weighted by Crippen LogP contribution is 2.35. The molecule has 0 saturated carbocycles. The SMILES string of the molecule is CSc1ccccc1C(N)c1ccccc1OC(F)(F)F. The second-order valence-corrected chi connectivity index (χ2v) is 5.15. The van der Waals surface area contributed by atoms with Gasteiger partial charge in [-0.05, 0) is 24.0 Å². The minimum atomic E-state index is -4.74. The lowest BCUT2D eigenvalue weighted by Crippen LogP contribution is -2.21. The van der Waals surface area contributed by atoms with E-state index < -0.39 is 12.4 Å². The lowest BCUT2D eigenvalue weighted by atomic mass is 9.99. The fraction of sp³-hybridized carbons (Fsp3) is 0.200. The molecule has 0 bridgehead atoms. The molecule has 2 aromatic rings. The van der Waals surface area contributed by atoms with Gasteiger partial charge in [-0.25, -0.2) is 0 Å². The largest absolute Gasteiger partial charge is 0.573 e. The van der Waals surface area contributed by atoms with Crippen molar-refractivity contribution in [2.24, 2.45) is 5.73 Å². The monoisotopic (exact) mass is 313 g/mol. The lowest BCUT2D eigenvalue weighted by Gasteiger charge is -2.19. The number of para-hydroxylation sites is 1. The first-order valence-electron chi connectivity index (χ1n) is 6.15. The van der Waals surface area contributed by atoms with Gasteiger partial charge in [0.1, 0.15) is 5.75 Å². The van der Waals surface area contributed by atoms with Crippen LogP contribution in [0.25, 0.3) is 0 Å². The van der Waals surface area contributed by atoms with Gasteiger partial charge in [0, 0.05) is 10.5 Å². The lowest BCUT2D eigenvalue weighted by molar-refractivity contribution is -0.274. The number of thioether (sulfide) groups is 1. The average molecular weight is 313 g/mol. The predicted octanol–water partition coefficient (Wildman–Crippen LogP) is 4.36. The van der Waals surface area contributed by atoms with E-state index in [0.29, 0.717) is 5.56 Å². The molecule has 112 valence electrons. The van der Waals surface area contributed by atoms with Crippen molar-refractivity contribution in [1.82, 2.24) is 0 Å². The summed E-state index contributed by atoms with van der Waals surface area (Å²) in [6.45, 7) is 0. The number of halogens is 3. The summed E-state index contributed by atoms with van der Waals surface area (Å²) in [4.78, 5) is 0.923. The van der Waals surface area contributed by atoms with Crippen LogP contribution < -0.4 is 10.5 Å². The van der Waals surface area contributed by atoms with Gasteiger partial charge in [-0.3, -0.25) is 0 Å². The van der Waals surface area contributed by atoms with Crippen molar-refractivity contribution in [3.8, 4) is 5.75 Å². The van der Waals surface area contributed by atoms with E-state index in [0.717, 1.165) is 10.5 Å². The molecule has 0 aliphatic heterocycles. The molecule has 0 aliphatic carbocycles. The highest BCUT2D eigenvalue weighted by Gasteiger charge is 2.32. The Morgan fingerprint density at radius 3 is 2.19 bits per heavy atom. The van der Waals surface area contributed by atoms with Crippen LogP contribution in [-0.2, 0) is 0 Å². The maximum Gasteiger partial charge on any atom is 0.573 e. The van der Waals surface area contributed by atoms with Crippen molar-refractivity contribution in [1.29, 1.82) is 0 Å². The molecule has 21 heavy (non-hydrogen) atoms. The zero-order chi connectivity index (χ0) is 15.5. The van der Waals surface area contributed by atoms with Crippen molar-refractivity contribution in [3.63, 3.8) is 0 Å². The van der Waals surface area contributed by atoms with E-state index in [1.165, 1.54) is 23.9 Å². The third-order valence-corrected chi connectivity index (χ3v) is 3.77. The fourth-order valence-electron chi connectivity index (χ4n) is 2.05. The number of ether oxygens (including phenoxy) is 1. The Labute approximate surface area is 125 Å². The third-order valence-electron chi connectivity index (χ3n) is 2.95. The van der Waals surface area contributed by atoms with Gasteiger partial charge >= 0.3 is 6.36 Å². The quantitative estimate of drug-likeness (QED) is 0.852. The number of hydrogen-bond donors (Lipinski definition) is 1. The molecule has 0 aromatic heterocycles. The van der Waals surface area contributed by atoms with Crippen LogP contribution in [0, 0.1) is 0 Å². The van der Waals surface area contributed by atoms with Crippen LogP contribution in [0.2, 0.25) is 0 Å². The Hall–Kier alpha value is -1.66. The highest BCUT2D eigenvalue weighted by molar-refractivity contribution is 7.98. The number of benzene rings is 2. The Morgan fingerprint density at radius 1 is 1.00 bits per heavy atom. The number of rotatable bonds is 4. The predicted molar refractivity (Wildman–Crippen MR) is 77.4 cm³/mol. The van der Waals surface area contributed by atoms with E-state index in [2.05, 4.69) is 4.74 Å². The number of hydrogen-bond acceptors (Lipinski definition) is 3. The number of nitrogens with two attached hydrogens (primary N) is 1. The summed E-state index contributed by atoms with van der Waals surface area (Å²) in [6.07, 6.45) is -2.85. The van der Waals surface area contributed by atoms with Gasteiger partial charge in [0.25, 0.3) is 0 Å².